The number of anilines is 2. The smallest absolute Gasteiger partial charge is 0.147 e. The van der Waals surface area contributed by atoms with Gasteiger partial charge in [-0.15, -0.1) is 0 Å². The topological polar surface area (TPSA) is 49.8 Å². The van der Waals surface area contributed by atoms with Crippen molar-refractivity contribution in [2.75, 3.05) is 17.7 Å². The van der Waals surface area contributed by atoms with Crippen LogP contribution in [0.15, 0.2) is 12.4 Å². The van der Waals surface area contributed by atoms with Gasteiger partial charge in [-0.2, -0.15) is 0 Å². The third kappa shape index (κ3) is 5.52. The molecule has 2 N–H and O–H groups in total. The molecule has 1 aromatic heterocycles. The zero-order valence-electron chi connectivity index (χ0n) is 11.2. The van der Waals surface area contributed by atoms with Gasteiger partial charge in [0.1, 0.15) is 11.6 Å². The average molecular weight is 236 g/mol. The molecule has 1 atom stereocenters. The van der Waals surface area contributed by atoms with Crippen molar-refractivity contribution in [2.24, 2.45) is 0 Å². The van der Waals surface area contributed by atoms with Crippen LogP contribution in [0.25, 0.3) is 0 Å². The van der Waals surface area contributed by atoms with Crippen molar-refractivity contribution >= 4 is 11.6 Å². The zero-order valence-corrected chi connectivity index (χ0v) is 11.2. The summed E-state index contributed by atoms with van der Waals surface area (Å²) in [7, 11) is 1.85. The number of hydrogen-bond acceptors (Lipinski definition) is 4. The first-order valence-electron chi connectivity index (χ1n) is 6.52. The quantitative estimate of drug-likeness (QED) is 0.680. The van der Waals surface area contributed by atoms with Gasteiger partial charge in [0.05, 0.1) is 12.4 Å². The summed E-state index contributed by atoms with van der Waals surface area (Å²) in [5.74, 6) is 1.65. The van der Waals surface area contributed by atoms with Crippen molar-refractivity contribution in [3.8, 4) is 0 Å². The second-order valence-electron chi connectivity index (χ2n) is 4.43. The molecule has 0 aliphatic heterocycles. The van der Waals surface area contributed by atoms with E-state index in [2.05, 4.69) is 34.4 Å². The summed E-state index contributed by atoms with van der Waals surface area (Å²) >= 11 is 0. The standard InChI is InChI=1S/C13H24N4/c1-4-5-6-7-8-11(2)16-13-10-15-9-12(14-3)17-13/h9-11H,4-8H2,1-3H3,(H2,14,16,17). The highest BCUT2D eigenvalue weighted by atomic mass is 15.1. The zero-order chi connectivity index (χ0) is 12.5. The van der Waals surface area contributed by atoms with Gasteiger partial charge in [-0.25, -0.2) is 4.98 Å². The number of rotatable bonds is 8. The Kier molecular flexibility index (Phi) is 6.37. The van der Waals surface area contributed by atoms with Gasteiger partial charge in [-0.1, -0.05) is 32.6 Å². The van der Waals surface area contributed by atoms with Crippen LogP contribution in [0.2, 0.25) is 0 Å². The first-order valence-corrected chi connectivity index (χ1v) is 6.52. The molecule has 0 aliphatic carbocycles. The molecule has 4 nitrogen and oxygen atoms in total. The third-order valence-corrected chi connectivity index (χ3v) is 2.78. The number of unbranched alkanes of at least 4 members (excludes halogenated alkanes) is 3. The summed E-state index contributed by atoms with van der Waals surface area (Å²) in [6.45, 7) is 4.43. The van der Waals surface area contributed by atoms with Gasteiger partial charge in [0.25, 0.3) is 0 Å². The first kappa shape index (κ1) is 13.7. The molecule has 1 unspecified atom stereocenters. The Balaban J connectivity index is 2.31. The van der Waals surface area contributed by atoms with Crippen molar-refractivity contribution < 1.29 is 0 Å². The van der Waals surface area contributed by atoms with Crippen molar-refractivity contribution in [1.29, 1.82) is 0 Å². The Morgan fingerprint density at radius 2 is 1.94 bits per heavy atom. The number of aromatic nitrogens is 2. The van der Waals surface area contributed by atoms with E-state index in [-0.39, 0.29) is 0 Å². The summed E-state index contributed by atoms with van der Waals surface area (Å²) in [5, 5.41) is 6.37. The predicted octanol–water partition coefficient (Wildman–Crippen LogP) is 3.29. The fourth-order valence-corrected chi connectivity index (χ4v) is 1.76. The van der Waals surface area contributed by atoms with Crippen molar-refractivity contribution in [3.05, 3.63) is 12.4 Å². The molecule has 17 heavy (non-hydrogen) atoms. The van der Waals surface area contributed by atoms with Crippen LogP contribution in [0.3, 0.4) is 0 Å². The lowest BCUT2D eigenvalue weighted by Crippen LogP contribution is -2.16. The van der Waals surface area contributed by atoms with E-state index in [1.165, 1.54) is 32.1 Å². The minimum absolute atomic E-state index is 0.452. The molecule has 1 rings (SSSR count). The van der Waals surface area contributed by atoms with Crippen LogP contribution in [0.4, 0.5) is 11.6 Å². The van der Waals surface area contributed by atoms with Crippen LogP contribution in [0.1, 0.15) is 46.0 Å². The monoisotopic (exact) mass is 236 g/mol. The number of nitrogens with zero attached hydrogens (tertiary/aromatic N) is 2. The molecule has 0 spiro atoms. The van der Waals surface area contributed by atoms with Gasteiger partial charge < -0.3 is 10.6 Å². The van der Waals surface area contributed by atoms with Crippen LogP contribution in [0.5, 0.6) is 0 Å². The molecule has 1 heterocycles. The highest BCUT2D eigenvalue weighted by Gasteiger charge is 2.03. The van der Waals surface area contributed by atoms with Crippen LogP contribution in [-0.2, 0) is 0 Å². The Hall–Kier alpha value is -1.32. The van der Waals surface area contributed by atoms with Gasteiger partial charge in [0.15, 0.2) is 0 Å². The van der Waals surface area contributed by atoms with E-state index in [1.807, 2.05) is 7.05 Å². The van der Waals surface area contributed by atoms with E-state index in [9.17, 15) is 0 Å². The van der Waals surface area contributed by atoms with E-state index < -0.39 is 0 Å². The van der Waals surface area contributed by atoms with Crippen LogP contribution in [0, 0.1) is 0 Å². The molecule has 0 aromatic carbocycles. The van der Waals surface area contributed by atoms with Gasteiger partial charge in [-0.05, 0) is 13.3 Å². The molecule has 0 saturated carbocycles. The lowest BCUT2D eigenvalue weighted by molar-refractivity contribution is 0.593. The molecule has 96 valence electrons. The highest BCUT2D eigenvalue weighted by molar-refractivity contribution is 5.41. The van der Waals surface area contributed by atoms with Gasteiger partial charge >= 0.3 is 0 Å². The Morgan fingerprint density at radius 3 is 2.65 bits per heavy atom. The molecule has 0 bridgehead atoms. The maximum absolute atomic E-state index is 4.39. The molecule has 1 aromatic rings. The van der Waals surface area contributed by atoms with E-state index in [0.29, 0.717) is 6.04 Å². The SMILES string of the molecule is CCCCCCC(C)Nc1cncc(NC)n1. The van der Waals surface area contributed by atoms with Crippen LogP contribution < -0.4 is 10.6 Å². The minimum atomic E-state index is 0.452. The molecule has 0 saturated heterocycles. The van der Waals surface area contributed by atoms with E-state index in [4.69, 9.17) is 0 Å². The lowest BCUT2D eigenvalue weighted by Gasteiger charge is -2.14. The van der Waals surface area contributed by atoms with E-state index >= 15 is 0 Å². The molecule has 0 aliphatic rings. The second kappa shape index (κ2) is 7.87. The number of nitrogens with one attached hydrogen (secondary N) is 2. The average Bonchev–Trinajstić information content (AvgIpc) is 2.35. The minimum Gasteiger partial charge on any atom is -0.372 e. The van der Waals surface area contributed by atoms with Crippen molar-refractivity contribution in [3.63, 3.8) is 0 Å². The number of hydrogen-bond donors (Lipinski definition) is 2. The fraction of sp³-hybridized carbons (Fsp3) is 0.692. The molecular formula is C13H24N4. The highest BCUT2D eigenvalue weighted by Crippen LogP contribution is 2.11. The summed E-state index contributed by atoms with van der Waals surface area (Å²) in [6, 6.07) is 0.452. The van der Waals surface area contributed by atoms with Crippen LogP contribution in [-0.4, -0.2) is 23.1 Å². The van der Waals surface area contributed by atoms with Crippen LogP contribution >= 0.6 is 0 Å². The molecule has 0 amide bonds. The van der Waals surface area contributed by atoms with E-state index in [0.717, 1.165) is 11.6 Å². The van der Waals surface area contributed by atoms with Crippen molar-refractivity contribution in [2.45, 2.75) is 52.0 Å². The van der Waals surface area contributed by atoms with Gasteiger partial charge in [0, 0.05) is 13.1 Å². The molecule has 0 radical (unpaired) electrons. The van der Waals surface area contributed by atoms with E-state index in [1.54, 1.807) is 12.4 Å². The summed E-state index contributed by atoms with van der Waals surface area (Å²) < 4.78 is 0. The molecule has 0 fully saturated rings. The molecule has 4 heteroatoms. The van der Waals surface area contributed by atoms with Gasteiger partial charge in [-0.3, -0.25) is 4.98 Å². The third-order valence-electron chi connectivity index (χ3n) is 2.78. The fourth-order valence-electron chi connectivity index (χ4n) is 1.76. The second-order valence-corrected chi connectivity index (χ2v) is 4.43. The Bertz CT molecular complexity index is 314. The normalized spacial score (nSPS) is 12.2. The maximum atomic E-state index is 4.39. The van der Waals surface area contributed by atoms with Gasteiger partial charge in [0.2, 0.25) is 0 Å². The maximum Gasteiger partial charge on any atom is 0.147 e. The summed E-state index contributed by atoms with van der Waals surface area (Å²) in [6.07, 6.45) is 9.90. The molecular weight excluding hydrogens is 212 g/mol. The summed E-state index contributed by atoms with van der Waals surface area (Å²) in [5.41, 5.74) is 0. The largest absolute Gasteiger partial charge is 0.372 e. The Labute approximate surface area is 104 Å². The van der Waals surface area contributed by atoms with Crippen molar-refractivity contribution in [1.82, 2.24) is 9.97 Å². The Morgan fingerprint density at radius 1 is 1.18 bits per heavy atom. The summed E-state index contributed by atoms with van der Waals surface area (Å²) in [4.78, 5) is 8.52. The lowest BCUT2D eigenvalue weighted by atomic mass is 10.1. The first-order chi connectivity index (χ1) is 8.26. The predicted molar refractivity (Wildman–Crippen MR) is 73.4 cm³/mol.